The fourth-order valence-corrected chi connectivity index (χ4v) is 2.71. The van der Waals surface area contributed by atoms with Crippen LogP contribution in [0.4, 0.5) is 0 Å². The van der Waals surface area contributed by atoms with E-state index >= 15 is 0 Å². The minimum atomic E-state index is 0.0395. The molecule has 0 bridgehead atoms. The van der Waals surface area contributed by atoms with Gasteiger partial charge in [0.25, 0.3) is 0 Å². The van der Waals surface area contributed by atoms with Crippen molar-refractivity contribution in [2.24, 2.45) is 0 Å². The Morgan fingerprint density at radius 2 is 2.13 bits per heavy atom. The summed E-state index contributed by atoms with van der Waals surface area (Å²) in [6, 6.07) is 5.91. The van der Waals surface area contributed by atoms with Crippen molar-refractivity contribution in [1.82, 2.24) is 15.5 Å². The highest BCUT2D eigenvalue weighted by atomic mass is 16.1. The van der Waals surface area contributed by atoms with Gasteiger partial charge in [-0.1, -0.05) is 38.1 Å². The molecule has 0 radical (unpaired) electrons. The zero-order valence-corrected chi connectivity index (χ0v) is 14.3. The summed E-state index contributed by atoms with van der Waals surface area (Å²) in [4.78, 5) is 24.1. The highest BCUT2D eigenvalue weighted by molar-refractivity contribution is 5.77. The summed E-state index contributed by atoms with van der Waals surface area (Å²) < 4.78 is 0. The topological polar surface area (TPSA) is 61.4 Å². The van der Waals surface area contributed by atoms with Crippen molar-refractivity contribution in [1.29, 1.82) is 0 Å². The van der Waals surface area contributed by atoms with Crippen LogP contribution in [0.2, 0.25) is 0 Å². The van der Waals surface area contributed by atoms with Gasteiger partial charge in [-0.05, 0) is 31.6 Å². The Hall–Kier alpha value is -1.98. The average Bonchev–Trinajstić information content (AvgIpc) is 2.53. The molecular formula is C18H27N3O2. The number of rotatable bonds is 11. The molecule has 126 valence electrons. The number of carbonyl (C=O) groups is 2. The van der Waals surface area contributed by atoms with Gasteiger partial charge >= 0.3 is 0 Å². The van der Waals surface area contributed by atoms with E-state index < -0.39 is 0 Å². The molecule has 5 nitrogen and oxygen atoms in total. The van der Waals surface area contributed by atoms with E-state index in [9.17, 15) is 9.59 Å². The molecule has 0 aromatic heterocycles. The maximum absolute atomic E-state index is 11.3. The molecular weight excluding hydrogens is 290 g/mol. The summed E-state index contributed by atoms with van der Waals surface area (Å²) in [7, 11) is 3.88. The lowest BCUT2D eigenvalue weighted by Gasteiger charge is -2.29. The van der Waals surface area contributed by atoms with Gasteiger partial charge in [0.15, 0.2) is 0 Å². The van der Waals surface area contributed by atoms with E-state index in [0.717, 1.165) is 36.8 Å². The van der Waals surface area contributed by atoms with Gasteiger partial charge in [-0.2, -0.15) is 0 Å². The predicted molar refractivity (Wildman–Crippen MR) is 93.1 cm³/mol. The fraction of sp³-hybridized carbons (Fsp3) is 0.444. The van der Waals surface area contributed by atoms with E-state index in [1.54, 1.807) is 0 Å². The number of nitrogens with zero attached hydrogens (tertiary/aromatic N) is 1. The summed E-state index contributed by atoms with van der Waals surface area (Å²) in [6.45, 7) is 7.43. The van der Waals surface area contributed by atoms with Crippen LogP contribution in [0.1, 0.15) is 41.3 Å². The molecule has 0 saturated carbocycles. The molecule has 0 spiro atoms. The van der Waals surface area contributed by atoms with Crippen molar-refractivity contribution in [3.63, 3.8) is 0 Å². The van der Waals surface area contributed by atoms with Crippen LogP contribution in [-0.2, 0) is 17.9 Å². The molecule has 1 unspecified atom stereocenters. The standard InChI is InChI=1S/C18H27N3O2/c1-5-6-18(14(2)20-13-23)21(4)11-17-9-15(10-19-3)7-8-16(17)12-22/h7-9,12-13,18-19H,2,5-6,10-11H2,1,3-4H3,(H,20,23). The second-order valence-electron chi connectivity index (χ2n) is 5.69. The second kappa shape index (κ2) is 9.92. The van der Waals surface area contributed by atoms with Crippen molar-refractivity contribution >= 4 is 12.7 Å². The van der Waals surface area contributed by atoms with E-state index in [1.807, 2.05) is 26.2 Å². The Kier molecular flexibility index (Phi) is 8.22. The zero-order chi connectivity index (χ0) is 17.2. The smallest absolute Gasteiger partial charge is 0.211 e. The normalized spacial score (nSPS) is 12.0. The molecule has 1 aromatic rings. The molecule has 0 fully saturated rings. The van der Waals surface area contributed by atoms with E-state index in [1.165, 1.54) is 0 Å². The van der Waals surface area contributed by atoms with Crippen LogP contribution < -0.4 is 10.6 Å². The van der Waals surface area contributed by atoms with Crippen LogP contribution in [0.25, 0.3) is 0 Å². The lowest BCUT2D eigenvalue weighted by Crippen LogP contribution is -2.37. The number of benzene rings is 1. The Morgan fingerprint density at radius 3 is 2.70 bits per heavy atom. The van der Waals surface area contributed by atoms with Crippen molar-refractivity contribution in [2.45, 2.75) is 38.9 Å². The maximum Gasteiger partial charge on any atom is 0.211 e. The van der Waals surface area contributed by atoms with E-state index in [4.69, 9.17) is 0 Å². The summed E-state index contributed by atoms with van der Waals surface area (Å²) in [5, 5.41) is 5.78. The van der Waals surface area contributed by atoms with E-state index in [2.05, 4.69) is 35.1 Å². The third-order valence-electron chi connectivity index (χ3n) is 3.88. The molecule has 0 aliphatic rings. The zero-order valence-electron chi connectivity index (χ0n) is 14.3. The molecule has 2 N–H and O–H groups in total. The summed E-state index contributed by atoms with van der Waals surface area (Å²) in [6.07, 6.45) is 3.42. The molecule has 1 aromatic carbocycles. The van der Waals surface area contributed by atoms with Crippen molar-refractivity contribution in [2.75, 3.05) is 14.1 Å². The first-order chi connectivity index (χ1) is 11.1. The van der Waals surface area contributed by atoms with Gasteiger partial charge in [-0.3, -0.25) is 14.5 Å². The summed E-state index contributed by atoms with van der Waals surface area (Å²) in [5.41, 5.74) is 3.50. The van der Waals surface area contributed by atoms with Crippen molar-refractivity contribution < 1.29 is 9.59 Å². The van der Waals surface area contributed by atoms with Gasteiger partial charge in [0, 0.05) is 30.4 Å². The SMILES string of the molecule is C=C(NC=O)C(CCC)N(C)Cc1cc(CNC)ccc1C=O. The lowest BCUT2D eigenvalue weighted by atomic mass is 10.0. The second-order valence-corrected chi connectivity index (χ2v) is 5.69. The Morgan fingerprint density at radius 1 is 1.39 bits per heavy atom. The third-order valence-corrected chi connectivity index (χ3v) is 3.88. The first-order valence-electron chi connectivity index (χ1n) is 7.88. The third kappa shape index (κ3) is 5.62. The Balaban J connectivity index is 2.97. The molecule has 1 atom stereocenters. The molecule has 0 aliphatic carbocycles. The number of hydrogen-bond donors (Lipinski definition) is 2. The number of nitrogens with one attached hydrogen (secondary N) is 2. The number of aldehydes is 1. The first-order valence-corrected chi connectivity index (χ1v) is 7.88. The monoisotopic (exact) mass is 317 g/mol. The molecule has 23 heavy (non-hydrogen) atoms. The number of likely N-dealkylation sites (N-methyl/N-ethyl adjacent to an activating group) is 1. The van der Waals surface area contributed by atoms with Crippen LogP contribution in [0.3, 0.4) is 0 Å². The van der Waals surface area contributed by atoms with Crippen LogP contribution in [0.15, 0.2) is 30.5 Å². The minimum Gasteiger partial charge on any atom is -0.331 e. The molecule has 0 aliphatic heterocycles. The van der Waals surface area contributed by atoms with Crippen molar-refractivity contribution in [3.05, 3.63) is 47.2 Å². The van der Waals surface area contributed by atoms with Crippen molar-refractivity contribution in [3.8, 4) is 0 Å². The Bertz CT molecular complexity index is 543. The van der Waals surface area contributed by atoms with Gasteiger partial charge < -0.3 is 10.6 Å². The van der Waals surface area contributed by atoms with Crippen LogP contribution in [0.5, 0.6) is 0 Å². The van der Waals surface area contributed by atoms with Gasteiger partial charge in [-0.15, -0.1) is 0 Å². The van der Waals surface area contributed by atoms with Gasteiger partial charge in [0.05, 0.1) is 0 Å². The van der Waals surface area contributed by atoms with Gasteiger partial charge in [0.1, 0.15) is 6.29 Å². The molecule has 0 saturated heterocycles. The maximum atomic E-state index is 11.3. The van der Waals surface area contributed by atoms with Crippen LogP contribution in [0, 0.1) is 0 Å². The number of carbonyl (C=O) groups excluding carboxylic acids is 2. The minimum absolute atomic E-state index is 0.0395. The summed E-state index contributed by atoms with van der Waals surface area (Å²) >= 11 is 0. The van der Waals surface area contributed by atoms with Gasteiger partial charge in [-0.25, -0.2) is 0 Å². The number of hydrogen-bond acceptors (Lipinski definition) is 4. The Labute approximate surface area is 138 Å². The predicted octanol–water partition coefficient (Wildman–Crippen LogP) is 2.08. The molecule has 1 rings (SSSR count). The van der Waals surface area contributed by atoms with E-state index in [-0.39, 0.29) is 6.04 Å². The lowest BCUT2D eigenvalue weighted by molar-refractivity contribution is -0.109. The summed E-state index contributed by atoms with van der Waals surface area (Å²) in [5.74, 6) is 0. The highest BCUT2D eigenvalue weighted by Gasteiger charge is 2.18. The number of amides is 1. The molecule has 1 amide bonds. The van der Waals surface area contributed by atoms with Gasteiger partial charge in [0.2, 0.25) is 6.41 Å². The largest absolute Gasteiger partial charge is 0.331 e. The fourth-order valence-electron chi connectivity index (χ4n) is 2.71. The first kappa shape index (κ1) is 19.1. The molecule has 5 heteroatoms. The van der Waals surface area contributed by atoms with E-state index in [0.29, 0.717) is 24.2 Å². The van der Waals surface area contributed by atoms with Crippen LogP contribution >= 0.6 is 0 Å². The molecule has 0 heterocycles. The quantitative estimate of drug-likeness (QED) is 0.614. The van der Waals surface area contributed by atoms with Crippen LogP contribution in [-0.4, -0.2) is 37.7 Å². The average molecular weight is 317 g/mol. The highest BCUT2D eigenvalue weighted by Crippen LogP contribution is 2.18.